The maximum atomic E-state index is 12.3. The lowest BCUT2D eigenvalue weighted by Crippen LogP contribution is -2.23. The first kappa shape index (κ1) is 20.2. The lowest BCUT2D eigenvalue weighted by molar-refractivity contribution is -0.138. The smallest absolute Gasteiger partial charge is 0.354 e. The molecule has 0 amide bonds. The number of hydrogen-bond donors (Lipinski definition) is 2. The van der Waals surface area contributed by atoms with Crippen molar-refractivity contribution in [2.24, 2.45) is 0 Å². The second-order valence-electron chi connectivity index (χ2n) is 5.13. The van der Waals surface area contributed by atoms with Crippen molar-refractivity contribution in [3.8, 4) is 0 Å². The van der Waals surface area contributed by atoms with Crippen molar-refractivity contribution in [2.45, 2.75) is 11.4 Å². The molecule has 0 fully saturated rings. The van der Waals surface area contributed by atoms with Crippen LogP contribution in [-0.2, 0) is 35.6 Å². The number of carbonyl (C=O) groups excluding carboxylic acids is 2. The quantitative estimate of drug-likeness (QED) is 0.509. The van der Waals surface area contributed by atoms with Crippen LogP contribution in [-0.4, -0.2) is 34.6 Å². The van der Waals surface area contributed by atoms with Gasteiger partial charge in [-0.05, 0) is 36.4 Å². The second-order valence-corrected chi connectivity index (χ2v) is 6.89. The fourth-order valence-corrected chi connectivity index (χ4v) is 2.96. The van der Waals surface area contributed by atoms with Crippen molar-refractivity contribution in [2.75, 3.05) is 19.5 Å². The van der Waals surface area contributed by atoms with E-state index in [1.165, 1.54) is 37.6 Å². The van der Waals surface area contributed by atoms with Gasteiger partial charge in [0.25, 0.3) is 0 Å². The van der Waals surface area contributed by atoms with E-state index >= 15 is 0 Å². The van der Waals surface area contributed by atoms with Crippen LogP contribution in [0.1, 0.15) is 5.76 Å². The van der Waals surface area contributed by atoms with E-state index in [1.807, 2.05) is 0 Å². The molecule has 9 nitrogen and oxygen atoms in total. The third-order valence-corrected chi connectivity index (χ3v) is 4.75. The van der Waals surface area contributed by atoms with Crippen LogP contribution in [0.3, 0.4) is 0 Å². The lowest BCUT2D eigenvalue weighted by Gasteiger charge is -2.10. The predicted molar refractivity (Wildman–Crippen MR) is 94.9 cm³/mol. The second kappa shape index (κ2) is 9.01. The number of nitrogens with one attached hydrogen (secondary N) is 2. The number of benzene rings is 1. The molecule has 0 unspecified atom stereocenters. The average molecular weight is 394 g/mol. The summed E-state index contributed by atoms with van der Waals surface area (Å²) in [6.07, 6.45) is 2.38. The van der Waals surface area contributed by atoms with Crippen LogP contribution in [0.2, 0.25) is 0 Å². The molecule has 0 radical (unpaired) electrons. The molecule has 27 heavy (non-hydrogen) atoms. The zero-order chi connectivity index (χ0) is 19.9. The molecular formula is C17H18N2O7S. The van der Waals surface area contributed by atoms with Gasteiger partial charge in [-0.25, -0.2) is 22.7 Å². The summed E-state index contributed by atoms with van der Waals surface area (Å²) >= 11 is 0. The van der Waals surface area contributed by atoms with E-state index in [2.05, 4.69) is 19.5 Å². The summed E-state index contributed by atoms with van der Waals surface area (Å²) in [6.45, 7) is 0.0176. The molecule has 2 aromatic rings. The molecule has 0 atom stereocenters. The van der Waals surface area contributed by atoms with Gasteiger partial charge in [0.2, 0.25) is 10.0 Å². The Labute approximate surface area is 156 Å². The number of carbonyl (C=O) groups is 2. The van der Waals surface area contributed by atoms with Crippen LogP contribution in [0.15, 0.2) is 63.7 Å². The SMILES string of the molecule is COC(=O)/C=C(/Nc1ccc(S(=O)(=O)NCc2ccco2)cc1)C(=O)OC. The van der Waals surface area contributed by atoms with Crippen molar-refractivity contribution in [3.05, 3.63) is 60.2 Å². The molecule has 0 aliphatic rings. The molecular weight excluding hydrogens is 376 g/mol. The van der Waals surface area contributed by atoms with E-state index in [9.17, 15) is 18.0 Å². The van der Waals surface area contributed by atoms with Gasteiger partial charge in [0.15, 0.2) is 0 Å². The highest BCUT2D eigenvalue weighted by atomic mass is 32.2. The van der Waals surface area contributed by atoms with Crippen LogP contribution >= 0.6 is 0 Å². The largest absolute Gasteiger partial charge is 0.468 e. The lowest BCUT2D eigenvalue weighted by atomic mass is 10.3. The zero-order valence-electron chi connectivity index (χ0n) is 14.6. The zero-order valence-corrected chi connectivity index (χ0v) is 15.4. The summed E-state index contributed by atoms with van der Waals surface area (Å²) in [4.78, 5) is 23.1. The van der Waals surface area contributed by atoms with Crippen molar-refractivity contribution in [3.63, 3.8) is 0 Å². The Kier molecular flexibility index (Phi) is 6.74. The van der Waals surface area contributed by atoms with Crippen LogP contribution in [0.5, 0.6) is 0 Å². The average Bonchev–Trinajstić information content (AvgIpc) is 3.19. The van der Waals surface area contributed by atoms with Crippen LogP contribution in [0, 0.1) is 0 Å². The Bertz CT molecular complexity index is 917. The summed E-state index contributed by atoms with van der Waals surface area (Å²) in [5, 5.41) is 2.68. The molecule has 2 N–H and O–H groups in total. The molecule has 1 aromatic heterocycles. The van der Waals surface area contributed by atoms with Gasteiger partial charge in [-0.1, -0.05) is 0 Å². The summed E-state index contributed by atoms with van der Waals surface area (Å²) in [5.74, 6) is -1.05. The molecule has 0 spiro atoms. The van der Waals surface area contributed by atoms with Gasteiger partial charge in [0, 0.05) is 5.69 Å². The monoisotopic (exact) mass is 394 g/mol. The summed E-state index contributed by atoms with van der Waals surface area (Å²) in [6, 6.07) is 8.88. The first-order valence-electron chi connectivity index (χ1n) is 7.63. The highest BCUT2D eigenvalue weighted by molar-refractivity contribution is 7.89. The number of methoxy groups -OCH3 is 2. The summed E-state index contributed by atoms with van der Waals surface area (Å²) < 4.78 is 41.1. The third-order valence-electron chi connectivity index (χ3n) is 3.33. The number of esters is 2. The van der Waals surface area contributed by atoms with Crippen molar-refractivity contribution in [1.82, 2.24) is 4.72 Å². The number of anilines is 1. The van der Waals surface area contributed by atoms with Crippen molar-refractivity contribution < 1.29 is 31.9 Å². The maximum absolute atomic E-state index is 12.3. The van der Waals surface area contributed by atoms with Crippen LogP contribution in [0.25, 0.3) is 0 Å². The van der Waals surface area contributed by atoms with Gasteiger partial charge in [-0.3, -0.25) is 0 Å². The highest BCUT2D eigenvalue weighted by Crippen LogP contribution is 2.16. The van der Waals surface area contributed by atoms with E-state index in [1.54, 1.807) is 12.1 Å². The van der Waals surface area contributed by atoms with Gasteiger partial charge in [-0.15, -0.1) is 0 Å². The molecule has 0 saturated carbocycles. The summed E-state index contributed by atoms with van der Waals surface area (Å²) in [7, 11) is -1.41. The number of furan rings is 1. The van der Waals surface area contributed by atoms with Gasteiger partial charge in [-0.2, -0.15) is 0 Å². The molecule has 0 saturated heterocycles. The Morgan fingerprint density at radius 2 is 1.81 bits per heavy atom. The van der Waals surface area contributed by atoms with E-state index < -0.39 is 22.0 Å². The first-order valence-corrected chi connectivity index (χ1v) is 9.11. The van der Waals surface area contributed by atoms with Gasteiger partial charge >= 0.3 is 11.9 Å². The minimum atomic E-state index is -3.74. The van der Waals surface area contributed by atoms with Crippen LogP contribution in [0.4, 0.5) is 5.69 Å². The van der Waals surface area contributed by atoms with Crippen LogP contribution < -0.4 is 10.0 Å². The Balaban J connectivity index is 2.12. The molecule has 0 aliphatic carbocycles. The van der Waals surface area contributed by atoms with Gasteiger partial charge in [0.05, 0.1) is 38.0 Å². The van der Waals surface area contributed by atoms with Crippen molar-refractivity contribution >= 4 is 27.6 Å². The first-order chi connectivity index (χ1) is 12.9. The fourth-order valence-electron chi connectivity index (χ4n) is 1.97. The van der Waals surface area contributed by atoms with Crippen molar-refractivity contribution in [1.29, 1.82) is 0 Å². The molecule has 0 bridgehead atoms. The Hall–Kier alpha value is -3.11. The standard InChI is InChI=1S/C17H18N2O7S/c1-24-16(20)10-15(17(21)25-2)19-12-5-7-14(8-6-12)27(22,23)18-11-13-4-3-9-26-13/h3-10,18-19H,11H2,1-2H3/b15-10+. The molecule has 144 valence electrons. The molecule has 0 aliphatic heterocycles. The van der Waals surface area contributed by atoms with Gasteiger partial charge in [0.1, 0.15) is 11.5 Å². The van der Waals surface area contributed by atoms with E-state index in [-0.39, 0.29) is 17.1 Å². The Morgan fingerprint density at radius 3 is 2.37 bits per heavy atom. The molecule has 1 heterocycles. The number of hydrogen-bond acceptors (Lipinski definition) is 8. The molecule has 10 heteroatoms. The fraction of sp³-hybridized carbons (Fsp3) is 0.176. The minimum Gasteiger partial charge on any atom is -0.468 e. The predicted octanol–water partition coefficient (Wildman–Crippen LogP) is 1.40. The maximum Gasteiger partial charge on any atom is 0.354 e. The van der Waals surface area contributed by atoms with E-state index in [0.29, 0.717) is 11.4 Å². The minimum absolute atomic E-state index is 0.0176. The Morgan fingerprint density at radius 1 is 1.11 bits per heavy atom. The molecule has 2 rings (SSSR count). The number of sulfonamides is 1. The molecule has 1 aromatic carbocycles. The summed E-state index contributed by atoms with van der Waals surface area (Å²) in [5.41, 5.74) is 0.219. The normalized spacial score (nSPS) is 11.7. The van der Waals surface area contributed by atoms with Gasteiger partial charge < -0.3 is 19.2 Å². The number of rotatable bonds is 8. The highest BCUT2D eigenvalue weighted by Gasteiger charge is 2.16. The van der Waals surface area contributed by atoms with E-state index in [0.717, 1.165) is 13.2 Å². The topological polar surface area (TPSA) is 124 Å². The van der Waals surface area contributed by atoms with E-state index in [4.69, 9.17) is 4.42 Å². The third kappa shape index (κ3) is 5.69. The number of ether oxygens (including phenoxy) is 2.